The molecule has 0 aromatic carbocycles. The van der Waals surface area contributed by atoms with Gasteiger partial charge in [0.1, 0.15) is 0 Å². The summed E-state index contributed by atoms with van der Waals surface area (Å²) < 4.78 is 0. The van der Waals surface area contributed by atoms with E-state index in [-0.39, 0.29) is 0 Å². The average molecular weight is 279 g/mol. The van der Waals surface area contributed by atoms with Crippen LogP contribution in [0.5, 0.6) is 0 Å². The number of hydrogen-bond acceptors (Lipinski definition) is 3. The van der Waals surface area contributed by atoms with E-state index in [9.17, 15) is 0 Å². The molecule has 3 rings (SSSR count). The second kappa shape index (κ2) is 7.24. The molecule has 3 fully saturated rings. The highest BCUT2D eigenvalue weighted by atomic mass is 15.3. The predicted molar refractivity (Wildman–Crippen MR) is 85.1 cm³/mol. The van der Waals surface area contributed by atoms with Crippen LogP contribution in [0.25, 0.3) is 0 Å². The van der Waals surface area contributed by atoms with Crippen molar-refractivity contribution in [1.82, 2.24) is 15.1 Å². The first-order valence-corrected chi connectivity index (χ1v) is 9.02. The summed E-state index contributed by atoms with van der Waals surface area (Å²) in [5, 5.41) is 3.73. The molecule has 3 aliphatic rings. The molecule has 116 valence electrons. The lowest BCUT2D eigenvalue weighted by Gasteiger charge is -2.42. The van der Waals surface area contributed by atoms with Gasteiger partial charge in [-0.25, -0.2) is 0 Å². The molecule has 1 aliphatic carbocycles. The molecule has 0 aromatic rings. The van der Waals surface area contributed by atoms with Gasteiger partial charge >= 0.3 is 0 Å². The van der Waals surface area contributed by atoms with E-state index in [0.29, 0.717) is 0 Å². The summed E-state index contributed by atoms with van der Waals surface area (Å²) in [4.78, 5) is 5.44. The average Bonchev–Trinajstić information content (AvgIpc) is 2.91. The minimum atomic E-state index is 0.751. The van der Waals surface area contributed by atoms with E-state index in [1.54, 1.807) is 0 Å². The van der Waals surface area contributed by atoms with Crippen LogP contribution in [0, 0.1) is 5.92 Å². The maximum absolute atomic E-state index is 3.73. The zero-order chi connectivity index (χ0) is 13.8. The molecule has 3 heteroatoms. The molecular weight excluding hydrogens is 246 g/mol. The number of piperazine rings is 1. The van der Waals surface area contributed by atoms with Crippen LogP contribution >= 0.6 is 0 Å². The minimum absolute atomic E-state index is 0.751. The van der Waals surface area contributed by atoms with Gasteiger partial charge in [-0.3, -0.25) is 9.80 Å². The van der Waals surface area contributed by atoms with E-state index in [1.807, 2.05) is 0 Å². The summed E-state index contributed by atoms with van der Waals surface area (Å²) in [7, 11) is 0. The molecule has 1 saturated carbocycles. The van der Waals surface area contributed by atoms with Crippen LogP contribution in [0.4, 0.5) is 0 Å². The fourth-order valence-electron chi connectivity index (χ4n) is 4.48. The van der Waals surface area contributed by atoms with Crippen LogP contribution < -0.4 is 5.32 Å². The van der Waals surface area contributed by atoms with E-state index < -0.39 is 0 Å². The Morgan fingerprint density at radius 3 is 2.70 bits per heavy atom. The fourth-order valence-corrected chi connectivity index (χ4v) is 4.48. The van der Waals surface area contributed by atoms with E-state index in [1.165, 1.54) is 84.2 Å². The fraction of sp³-hybridized carbons (Fsp3) is 1.00. The molecule has 3 nitrogen and oxygen atoms in total. The van der Waals surface area contributed by atoms with E-state index >= 15 is 0 Å². The number of rotatable bonds is 5. The Labute approximate surface area is 125 Å². The molecule has 2 heterocycles. The van der Waals surface area contributed by atoms with Gasteiger partial charge in [0.25, 0.3) is 0 Å². The summed E-state index contributed by atoms with van der Waals surface area (Å²) >= 11 is 0. The molecule has 0 spiro atoms. The summed E-state index contributed by atoms with van der Waals surface area (Å²) in [6, 6.07) is 1.62. The van der Waals surface area contributed by atoms with Crippen LogP contribution in [0.3, 0.4) is 0 Å². The SMILES string of the molecule is CC1CN2CCCC2CN1CCNCC1CCCCC1. The van der Waals surface area contributed by atoms with Gasteiger partial charge in [0.05, 0.1) is 0 Å². The Hall–Kier alpha value is -0.120. The lowest BCUT2D eigenvalue weighted by molar-refractivity contribution is 0.0601. The van der Waals surface area contributed by atoms with Crippen molar-refractivity contribution in [3.8, 4) is 0 Å². The number of hydrogen-bond donors (Lipinski definition) is 1. The van der Waals surface area contributed by atoms with Crippen LogP contribution in [-0.2, 0) is 0 Å². The molecule has 2 unspecified atom stereocenters. The van der Waals surface area contributed by atoms with Gasteiger partial charge in [0.2, 0.25) is 0 Å². The summed E-state index contributed by atoms with van der Waals surface area (Å²) in [6.07, 6.45) is 10.2. The number of nitrogens with zero attached hydrogens (tertiary/aromatic N) is 2. The van der Waals surface area contributed by atoms with E-state index in [4.69, 9.17) is 0 Å². The van der Waals surface area contributed by atoms with Crippen molar-refractivity contribution < 1.29 is 0 Å². The summed E-state index contributed by atoms with van der Waals surface area (Å²) in [6.45, 7) is 10.1. The van der Waals surface area contributed by atoms with Crippen LogP contribution in [0.1, 0.15) is 51.9 Å². The molecular formula is C17H33N3. The molecule has 2 aliphatic heterocycles. The predicted octanol–water partition coefficient (Wildman–Crippen LogP) is 2.32. The van der Waals surface area contributed by atoms with Crippen LogP contribution in [0.15, 0.2) is 0 Å². The highest BCUT2D eigenvalue weighted by molar-refractivity contribution is 4.90. The maximum atomic E-state index is 3.73. The highest BCUT2D eigenvalue weighted by Gasteiger charge is 2.33. The first-order valence-electron chi connectivity index (χ1n) is 9.02. The smallest absolute Gasteiger partial charge is 0.0224 e. The highest BCUT2D eigenvalue weighted by Crippen LogP contribution is 2.24. The van der Waals surface area contributed by atoms with Crippen molar-refractivity contribution in [3.63, 3.8) is 0 Å². The van der Waals surface area contributed by atoms with Crippen LogP contribution in [0.2, 0.25) is 0 Å². The van der Waals surface area contributed by atoms with E-state index in [0.717, 1.165) is 18.0 Å². The van der Waals surface area contributed by atoms with Gasteiger partial charge in [-0.1, -0.05) is 19.3 Å². The second-order valence-corrected chi connectivity index (χ2v) is 7.34. The van der Waals surface area contributed by atoms with Gasteiger partial charge in [0, 0.05) is 38.3 Å². The van der Waals surface area contributed by atoms with Crippen LogP contribution in [-0.4, -0.2) is 61.2 Å². The number of nitrogens with one attached hydrogen (secondary N) is 1. The standard InChI is InChI=1S/C17H33N3/c1-15-13-20-10-5-8-17(20)14-19(15)11-9-18-12-16-6-3-2-4-7-16/h15-18H,2-14H2,1H3. The Morgan fingerprint density at radius 1 is 1.00 bits per heavy atom. The molecule has 0 bridgehead atoms. The molecule has 2 atom stereocenters. The van der Waals surface area contributed by atoms with Gasteiger partial charge in [-0.15, -0.1) is 0 Å². The zero-order valence-electron chi connectivity index (χ0n) is 13.3. The molecule has 0 radical (unpaired) electrons. The largest absolute Gasteiger partial charge is 0.315 e. The Bertz CT molecular complexity index is 288. The molecule has 0 aromatic heterocycles. The third-order valence-corrected chi connectivity index (χ3v) is 5.80. The quantitative estimate of drug-likeness (QED) is 0.779. The van der Waals surface area contributed by atoms with Crippen molar-refractivity contribution in [2.24, 2.45) is 5.92 Å². The Morgan fingerprint density at radius 2 is 1.85 bits per heavy atom. The van der Waals surface area contributed by atoms with Crippen molar-refractivity contribution in [1.29, 1.82) is 0 Å². The number of fused-ring (bicyclic) bond motifs is 1. The minimum Gasteiger partial charge on any atom is -0.315 e. The van der Waals surface area contributed by atoms with Gasteiger partial charge < -0.3 is 5.32 Å². The second-order valence-electron chi connectivity index (χ2n) is 7.34. The van der Waals surface area contributed by atoms with E-state index in [2.05, 4.69) is 22.0 Å². The summed E-state index contributed by atoms with van der Waals surface area (Å²) in [5.74, 6) is 0.966. The lowest BCUT2D eigenvalue weighted by Crippen LogP contribution is -2.56. The monoisotopic (exact) mass is 279 g/mol. The van der Waals surface area contributed by atoms with Gasteiger partial charge in [0.15, 0.2) is 0 Å². The molecule has 0 amide bonds. The Kier molecular flexibility index (Phi) is 5.36. The van der Waals surface area contributed by atoms with Gasteiger partial charge in [-0.2, -0.15) is 0 Å². The third-order valence-electron chi connectivity index (χ3n) is 5.80. The first-order chi connectivity index (χ1) is 9.83. The normalized spacial score (nSPS) is 33.5. The first kappa shape index (κ1) is 14.8. The van der Waals surface area contributed by atoms with Crippen molar-refractivity contribution in [3.05, 3.63) is 0 Å². The zero-order valence-corrected chi connectivity index (χ0v) is 13.3. The summed E-state index contributed by atoms with van der Waals surface area (Å²) in [5.41, 5.74) is 0. The molecule has 20 heavy (non-hydrogen) atoms. The third kappa shape index (κ3) is 3.75. The van der Waals surface area contributed by atoms with Crippen molar-refractivity contribution in [2.75, 3.05) is 39.3 Å². The molecule has 2 saturated heterocycles. The lowest BCUT2D eigenvalue weighted by atomic mass is 9.89. The van der Waals surface area contributed by atoms with Crippen molar-refractivity contribution >= 4 is 0 Å². The maximum Gasteiger partial charge on any atom is 0.0224 e. The molecule has 1 N–H and O–H groups in total. The Balaban J connectivity index is 1.33. The van der Waals surface area contributed by atoms with Crippen molar-refractivity contribution in [2.45, 2.75) is 64.0 Å². The van der Waals surface area contributed by atoms with Gasteiger partial charge in [-0.05, 0) is 51.6 Å². The topological polar surface area (TPSA) is 18.5 Å².